The fraction of sp³-hybridized carbons (Fsp3) is 0.524. The van der Waals surface area contributed by atoms with Gasteiger partial charge in [0, 0.05) is 64.9 Å². The maximum atomic E-state index is 12.5. The van der Waals surface area contributed by atoms with E-state index in [1.54, 1.807) is 18.3 Å². The van der Waals surface area contributed by atoms with Crippen LogP contribution in [0.5, 0.6) is 0 Å². The Balaban J connectivity index is 1.48. The maximum absolute atomic E-state index is 12.5. The molecule has 0 amide bonds. The molecular formula is C21H27Cl2N3O3. The zero-order valence-electron chi connectivity index (χ0n) is 16.4. The van der Waals surface area contributed by atoms with Gasteiger partial charge in [-0.05, 0) is 17.5 Å². The van der Waals surface area contributed by atoms with Crippen molar-refractivity contribution in [2.75, 3.05) is 52.4 Å². The minimum absolute atomic E-state index is 0.160. The number of rotatable bonds is 7. The number of allylic oxidation sites excluding steroid dienone is 1. The minimum Gasteiger partial charge on any atom is -0.395 e. The van der Waals surface area contributed by atoms with Crippen molar-refractivity contribution in [3.8, 4) is 0 Å². The fourth-order valence-electron chi connectivity index (χ4n) is 3.89. The van der Waals surface area contributed by atoms with Crippen LogP contribution in [-0.2, 0) is 9.59 Å². The number of aliphatic hydroxyl groups excluding tert-OH is 1. The summed E-state index contributed by atoms with van der Waals surface area (Å²) in [7, 11) is 0. The predicted octanol–water partition coefficient (Wildman–Crippen LogP) is 2.09. The second kappa shape index (κ2) is 10.5. The van der Waals surface area contributed by atoms with Crippen LogP contribution < -0.4 is 5.32 Å². The van der Waals surface area contributed by atoms with Gasteiger partial charge in [-0.2, -0.15) is 0 Å². The van der Waals surface area contributed by atoms with Crippen molar-refractivity contribution in [3.63, 3.8) is 0 Å². The first-order chi connectivity index (χ1) is 14.0. The van der Waals surface area contributed by atoms with Crippen LogP contribution in [0.15, 0.2) is 30.0 Å². The Morgan fingerprint density at radius 3 is 2.28 bits per heavy atom. The number of ketones is 2. The lowest BCUT2D eigenvalue weighted by atomic mass is 9.80. The number of aliphatic hydroxyl groups is 1. The van der Waals surface area contributed by atoms with Crippen molar-refractivity contribution in [2.24, 2.45) is 0 Å². The van der Waals surface area contributed by atoms with Gasteiger partial charge < -0.3 is 10.4 Å². The van der Waals surface area contributed by atoms with Crippen molar-refractivity contribution < 1.29 is 14.7 Å². The summed E-state index contributed by atoms with van der Waals surface area (Å²) in [6.45, 7) is 6.26. The summed E-state index contributed by atoms with van der Waals surface area (Å²) >= 11 is 12.3. The third-order valence-electron chi connectivity index (χ3n) is 5.59. The Labute approximate surface area is 181 Å². The molecule has 3 rings (SSSR count). The Morgan fingerprint density at radius 1 is 1.03 bits per heavy atom. The summed E-state index contributed by atoms with van der Waals surface area (Å²) in [4.78, 5) is 29.7. The van der Waals surface area contributed by atoms with Crippen molar-refractivity contribution >= 4 is 34.8 Å². The molecule has 8 heteroatoms. The number of carbonyl (C=O) groups excluding carboxylic acids is 2. The van der Waals surface area contributed by atoms with Gasteiger partial charge in [0.1, 0.15) is 0 Å². The lowest BCUT2D eigenvalue weighted by Crippen LogP contribution is -2.48. The molecule has 6 nitrogen and oxygen atoms in total. The molecular weight excluding hydrogens is 413 g/mol. The number of hydrogen-bond donors (Lipinski definition) is 2. The van der Waals surface area contributed by atoms with Gasteiger partial charge in [0.2, 0.25) is 0 Å². The molecule has 1 saturated carbocycles. The average molecular weight is 440 g/mol. The summed E-state index contributed by atoms with van der Waals surface area (Å²) in [5.41, 5.74) is 1.00. The molecule has 1 saturated heterocycles. The lowest BCUT2D eigenvalue weighted by molar-refractivity contribution is -0.124. The van der Waals surface area contributed by atoms with E-state index in [4.69, 9.17) is 28.3 Å². The molecule has 158 valence electrons. The Kier molecular flexibility index (Phi) is 8.09. The van der Waals surface area contributed by atoms with Gasteiger partial charge in [-0.25, -0.2) is 0 Å². The van der Waals surface area contributed by atoms with Crippen LogP contribution >= 0.6 is 23.2 Å². The van der Waals surface area contributed by atoms with E-state index in [-0.39, 0.29) is 42.5 Å². The zero-order valence-corrected chi connectivity index (χ0v) is 17.9. The number of nitrogens with one attached hydrogen (secondary N) is 1. The second-order valence-corrected chi connectivity index (χ2v) is 8.30. The first kappa shape index (κ1) is 22.2. The SMILES string of the molecule is O=C1CC(c2cccc(Cl)c2Cl)CC(=O)C1=CNCCN1CCN(CCO)CC1. The van der Waals surface area contributed by atoms with E-state index in [1.807, 2.05) is 6.07 Å². The van der Waals surface area contributed by atoms with E-state index < -0.39 is 0 Å². The molecule has 0 spiro atoms. The Morgan fingerprint density at radius 2 is 1.66 bits per heavy atom. The number of Topliss-reactive ketones (excluding diaryl/α,β-unsaturated/α-hetero) is 2. The molecule has 1 aromatic rings. The summed E-state index contributed by atoms with van der Waals surface area (Å²) in [5.74, 6) is -0.548. The number of benzene rings is 1. The fourth-order valence-corrected chi connectivity index (χ4v) is 4.35. The van der Waals surface area contributed by atoms with Gasteiger partial charge in [-0.3, -0.25) is 19.4 Å². The minimum atomic E-state index is -0.228. The van der Waals surface area contributed by atoms with Crippen molar-refractivity contribution in [1.82, 2.24) is 15.1 Å². The molecule has 0 bridgehead atoms. The number of carbonyl (C=O) groups is 2. The number of β-amino-alcohol motifs (C(OH)–C–C–N with tert-alkyl or cyclic N) is 1. The summed E-state index contributed by atoms with van der Waals surface area (Å²) in [6.07, 6.45) is 2.08. The number of halogens is 2. The van der Waals surface area contributed by atoms with Gasteiger partial charge in [-0.15, -0.1) is 0 Å². The molecule has 1 aliphatic carbocycles. The molecule has 1 aromatic carbocycles. The van der Waals surface area contributed by atoms with E-state index in [0.29, 0.717) is 16.6 Å². The maximum Gasteiger partial charge on any atom is 0.168 e. The number of hydrogen-bond acceptors (Lipinski definition) is 6. The summed E-state index contributed by atoms with van der Waals surface area (Å²) in [5, 5.41) is 13.0. The Bertz CT molecular complexity index is 756. The van der Waals surface area contributed by atoms with Crippen LogP contribution in [0.2, 0.25) is 10.0 Å². The first-order valence-corrected chi connectivity index (χ1v) is 10.7. The molecule has 29 heavy (non-hydrogen) atoms. The Hall–Kier alpha value is -1.44. The summed E-state index contributed by atoms with van der Waals surface area (Å²) in [6, 6.07) is 5.31. The van der Waals surface area contributed by atoms with Gasteiger partial charge in [-0.1, -0.05) is 35.3 Å². The van der Waals surface area contributed by atoms with Crippen LogP contribution in [0.4, 0.5) is 0 Å². The molecule has 2 fully saturated rings. The number of nitrogens with zero attached hydrogens (tertiary/aromatic N) is 2. The molecule has 2 N–H and O–H groups in total. The van der Waals surface area contributed by atoms with E-state index >= 15 is 0 Å². The highest BCUT2D eigenvalue weighted by molar-refractivity contribution is 6.42. The third-order valence-corrected chi connectivity index (χ3v) is 6.42. The van der Waals surface area contributed by atoms with Crippen molar-refractivity contribution in [1.29, 1.82) is 0 Å². The average Bonchev–Trinajstić information content (AvgIpc) is 2.70. The normalized spacial score (nSPS) is 21.5. The number of piperazine rings is 1. The van der Waals surface area contributed by atoms with E-state index in [2.05, 4.69) is 15.1 Å². The van der Waals surface area contributed by atoms with Crippen LogP contribution in [0.1, 0.15) is 24.3 Å². The molecule has 0 aromatic heterocycles. The van der Waals surface area contributed by atoms with Gasteiger partial charge in [0.05, 0.1) is 22.2 Å². The molecule has 2 aliphatic rings. The van der Waals surface area contributed by atoms with Crippen LogP contribution in [-0.4, -0.2) is 78.9 Å². The molecule has 1 aliphatic heterocycles. The van der Waals surface area contributed by atoms with Crippen LogP contribution in [0, 0.1) is 0 Å². The second-order valence-electron chi connectivity index (χ2n) is 7.51. The van der Waals surface area contributed by atoms with Gasteiger partial charge >= 0.3 is 0 Å². The monoisotopic (exact) mass is 439 g/mol. The molecule has 1 heterocycles. The van der Waals surface area contributed by atoms with E-state index in [1.165, 1.54) is 0 Å². The van der Waals surface area contributed by atoms with Crippen LogP contribution in [0.3, 0.4) is 0 Å². The lowest BCUT2D eigenvalue weighted by Gasteiger charge is -2.34. The topological polar surface area (TPSA) is 72.9 Å². The molecule has 0 radical (unpaired) electrons. The van der Waals surface area contributed by atoms with Crippen LogP contribution in [0.25, 0.3) is 0 Å². The standard InChI is InChI=1S/C21H27Cl2N3O3/c22-18-3-1-2-16(21(18)23)15-12-19(28)17(20(29)13-15)14-24-4-5-25-6-8-26(9-7-25)10-11-27/h1-3,14-15,24,27H,4-13H2. The highest BCUT2D eigenvalue weighted by atomic mass is 35.5. The van der Waals surface area contributed by atoms with Gasteiger partial charge in [0.15, 0.2) is 11.6 Å². The van der Waals surface area contributed by atoms with Crippen molar-refractivity contribution in [3.05, 3.63) is 45.6 Å². The zero-order chi connectivity index (χ0) is 20.8. The predicted molar refractivity (Wildman–Crippen MR) is 115 cm³/mol. The summed E-state index contributed by atoms with van der Waals surface area (Å²) < 4.78 is 0. The van der Waals surface area contributed by atoms with Gasteiger partial charge in [0.25, 0.3) is 0 Å². The van der Waals surface area contributed by atoms with Crippen molar-refractivity contribution in [2.45, 2.75) is 18.8 Å². The largest absolute Gasteiger partial charge is 0.395 e. The third kappa shape index (κ3) is 5.80. The quantitative estimate of drug-likeness (QED) is 0.385. The molecule has 0 atom stereocenters. The first-order valence-electron chi connectivity index (χ1n) is 9.99. The van der Waals surface area contributed by atoms with E-state index in [9.17, 15) is 9.59 Å². The van der Waals surface area contributed by atoms with E-state index in [0.717, 1.165) is 44.8 Å². The smallest absolute Gasteiger partial charge is 0.168 e. The highest BCUT2D eigenvalue weighted by Gasteiger charge is 2.32. The molecule has 0 unspecified atom stereocenters. The highest BCUT2D eigenvalue weighted by Crippen LogP contribution is 2.37.